The van der Waals surface area contributed by atoms with Gasteiger partial charge in [-0.25, -0.2) is 0 Å². The lowest BCUT2D eigenvalue weighted by Crippen LogP contribution is -2.30. The standard InChI is InChI=1S/C11H15N3O5/c12-11(17)9-7-8(1-2-10(9)14(18)19)13(3-5-15)4-6-16/h1-2,7,15-16H,3-6H2,(H2,12,17). The Bertz CT molecular complexity index is 471. The first kappa shape index (κ1) is 14.9. The van der Waals surface area contributed by atoms with Crippen molar-refractivity contribution in [3.8, 4) is 0 Å². The molecule has 0 aromatic heterocycles. The summed E-state index contributed by atoms with van der Waals surface area (Å²) < 4.78 is 0. The molecule has 0 unspecified atom stereocenters. The predicted molar refractivity (Wildman–Crippen MR) is 68.0 cm³/mol. The normalized spacial score (nSPS) is 10.2. The summed E-state index contributed by atoms with van der Waals surface area (Å²) in [4.78, 5) is 22.9. The van der Waals surface area contributed by atoms with E-state index in [0.29, 0.717) is 5.69 Å². The van der Waals surface area contributed by atoms with Crippen molar-refractivity contribution in [1.82, 2.24) is 0 Å². The monoisotopic (exact) mass is 269 g/mol. The van der Waals surface area contributed by atoms with Gasteiger partial charge in [0.15, 0.2) is 0 Å². The van der Waals surface area contributed by atoms with E-state index in [1.54, 1.807) is 4.90 Å². The molecule has 1 amide bonds. The second-order valence-electron chi connectivity index (χ2n) is 3.76. The van der Waals surface area contributed by atoms with Crippen molar-refractivity contribution in [3.05, 3.63) is 33.9 Å². The molecule has 0 saturated carbocycles. The van der Waals surface area contributed by atoms with Gasteiger partial charge in [-0.05, 0) is 12.1 Å². The Hall–Kier alpha value is -2.19. The third-order valence-corrected chi connectivity index (χ3v) is 2.55. The molecular formula is C11H15N3O5. The molecule has 104 valence electrons. The van der Waals surface area contributed by atoms with Crippen molar-refractivity contribution in [2.24, 2.45) is 5.73 Å². The average molecular weight is 269 g/mol. The van der Waals surface area contributed by atoms with Gasteiger partial charge in [0.2, 0.25) is 0 Å². The van der Waals surface area contributed by atoms with Gasteiger partial charge in [-0.2, -0.15) is 0 Å². The van der Waals surface area contributed by atoms with Crippen LogP contribution in [0.4, 0.5) is 11.4 Å². The fraction of sp³-hybridized carbons (Fsp3) is 0.364. The Balaban J connectivity index is 3.19. The fourth-order valence-corrected chi connectivity index (χ4v) is 1.69. The molecule has 8 nitrogen and oxygen atoms in total. The van der Waals surface area contributed by atoms with Crippen molar-refractivity contribution in [1.29, 1.82) is 0 Å². The summed E-state index contributed by atoms with van der Waals surface area (Å²) in [5.74, 6) is -0.901. The van der Waals surface area contributed by atoms with Crippen LogP contribution in [0.3, 0.4) is 0 Å². The van der Waals surface area contributed by atoms with Gasteiger partial charge in [0.05, 0.1) is 18.1 Å². The lowest BCUT2D eigenvalue weighted by molar-refractivity contribution is -0.385. The largest absolute Gasteiger partial charge is 0.395 e. The van der Waals surface area contributed by atoms with Gasteiger partial charge in [-0.15, -0.1) is 0 Å². The van der Waals surface area contributed by atoms with E-state index in [1.165, 1.54) is 18.2 Å². The summed E-state index contributed by atoms with van der Waals surface area (Å²) in [6, 6.07) is 3.90. The SMILES string of the molecule is NC(=O)c1cc(N(CCO)CCO)ccc1[N+](=O)[O-]. The van der Waals surface area contributed by atoms with Crippen LogP contribution in [0, 0.1) is 10.1 Å². The number of primary amides is 1. The molecule has 0 spiro atoms. The highest BCUT2D eigenvalue weighted by Gasteiger charge is 2.20. The van der Waals surface area contributed by atoms with E-state index in [0.717, 1.165) is 0 Å². The highest BCUT2D eigenvalue weighted by atomic mass is 16.6. The number of nitro benzene ring substituents is 1. The zero-order valence-corrected chi connectivity index (χ0v) is 10.2. The van der Waals surface area contributed by atoms with Crippen molar-refractivity contribution in [2.75, 3.05) is 31.2 Å². The summed E-state index contributed by atoms with van der Waals surface area (Å²) in [6.45, 7) is 0.166. The number of nitrogens with zero attached hydrogens (tertiary/aromatic N) is 2. The molecule has 1 aromatic carbocycles. The molecule has 19 heavy (non-hydrogen) atoms. The molecule has 8 heteroatoms. The van der Waals surface area contributed by atoms with Crippen LogP contribution < -0.4 is 10.6 Å². The number of aliphatic hydroxyl groups excluding tert-OH is 2. The van der Waals surface area contributed by atoms with E-state index < -0.39 is 10.8 Å². The third kappa shape index (κ3) is 3.63. The van der Waals surface area contributed by atoms with Crippen LogP contribution in [-0.2, 0) is 0 Å². The first-order valence-electron chi connectivity index (χ1n) is 5.56. The average Bonchev–Trinajstić information content (AvgIpc) is 2.37. The Labute approximate surface area is 109 Å². The van der Waals surface area contributed by atoms with E-state index >= 15 is 0 Å². The Kier molecular flexibility index (Phi) is 5.22. The molecule has 0 aliphatic carbocycles. The van der Waals surface area contributed by atoms with Crippen LogP contribution in [0.2, 0.25) is 0 Å². The molecule has 1 aromatic rings. The number of benzene rings is 1. The maximum atomic E-state index is 11.2. The summed E-state index contributed by atoms with van der Waals surface area (Å²) in [7, 11) is 0. The smallest absolute Gasteiger partial charge is 0.282 e. The molecule has 0 saturated heterocycles. The molecule has 0 aliphatic heterocycles. The summed E-state index contributed by atoms with van der Waals surface area (Å²) in [5, 5.41) is 28.6. The van der Waals surface area contributed by atoms with Crippen LogP contribution in [0.25, 0.3) is 0 Å². The zero-order valence-electron chi connectivity index (χ0n) is 10.2. The third-order valence-electron chi connectivity index (χ3n) is 2.55. The van der Waals surface area contributed by atoms with Crippen LogP contribution in [0.5, 0.6) is 0 Å². The molecule has 1 rings (SSSR count). The van der Waals surface area contributed by atoms with Crippen LogP contribution in [-0.4, -0.2) is 47.3 Å². The first-order chi connectivity index (χ1) is 9.01. The molecular weight excluding hydrogens is 254 g/mol. The van der Waals surface area contributed by atoms with Crippen molar-refractivity contribution < 1.29 is 19.9 Å². The highest BCUT2D eigenvalue weighted by molar-refractivity contribution is 5.98. The van der Waals surface area contributed by atoms with Crippen molar-refractivity contribution in [3.63, 3.8) is 0 Å². The van der Waals surface area contributed by atoms with E-state index in [9.17, 15) is 14.9 Å². The number of carbonyl (C=O) groups excluding carboxylic acids is 1. The predicted octanol–water partition coefficient (Wildman–Crippen LogP) is -0.515. The molecule has 0 aliphatic rings. The van der Waals surface area contributed by atoms with Crippen molar-refractivity contribution >= 4 is 17.3 Å². The number of hydrogen-bond donors (Lipinski definition) is 3. The van der Waals surface area contributed by atoms with Gasteiger partial charge in [-0.3, -0.25) is 14.9 Å². The van der Waals surface area contributed by atoms with Crippen LogP contribution in [0.1, 0.15) is 10.4 Å². The number of rotatable bonds is 7. The summed E-state index contributed by atoms with van der Waals surface area (Å²) in [6.07, 6.45) is 0. The molecule has 0 atom stereocenters. The van der Waals surface area contributed by atoms with Gasteiger partial charge >= 0.3 is 0 Å². The number of hydrogen-bond acceptors (Lipinski definition) is 6. The zero-order chi connectivity index (χ0) is 14.4. The number of amides is 1. The number of aliphatic hydroxyl groups is 2. The van der Waals surface area contributed by atoms with Crippen LogP contribution in [0.15, 0.2) is 18.2 Å². The lowest BCUT2D eigenvalue weighted by Gasteiger charge is -2.23. The minimum atomic E-state index is -0.901. The maximum absolute atomic E-state index is 11.2. The second-order valence-corrected chi connectivity index (χ2v) is 3.76. The minimum absolute atomic E-state index is 0.150. The second kappa shape index (κ2) is 6.66. The molecule has 0 fully saturated rings. The number of anilines is 1. The first-order valence-corrected chi connectivity index (χ1v) is 5.56. The van der Waals surface area contributed by atoms with E-state index in [4.69, 9.17) is 15.9 Å². The number of carbonyl (C=O) groups is 1. The van der Waals surface area contributed by atoms with Gasteiger partial charge in [0.25, 0.3) is 11.6 Å². The Morgan fingerprint density at radius 1 is 1.32 bits per heavy atom. The van der Waals surface area contributed by atoms with Gasteiger partial charge in [0.1, 0.15) is 5.56 Å². The number of nitro groups is 1. The lowest BCUT2D eigenvalue weighted by atomic mass is 10.1. The molecule has 0 heterocycles. The molecule has 0 radical (unpaired) electrons. The number of nitrogens with two attached hydrogens (primary N) is 1. The van der Waals surface area contributed by atoms with E-state index in [1.807, 2.05) is 0 Å². The Morgan fingerprint density at radius 2 is 1.89 bits per heavy atom. The van der Waals surface area contributed by atoms with Crippen LogP contribution >= 0.6 is 0 Å². The fourth-order valence-electron chi connectivity index (χ4n) is 1.69. The van der Waals surface area contributed by atoms with Gasteiger partial charge in [-0.1, -0.05) is 0 Å². The minimum Gasteiger partial charge on any atom is -0.395 e. The summed E-state index contributed by atoms with van der Waals surface area (Å²) >= 11 is 0. The van der Waals surface area contributed by atoms with Crippen molar-refractivity contribution in [2.45, 2.75) is 0 Å². The maximum Gasteiger partial charge on any atom is 0.282 e. The van der Waals surface area contributed by atoms with Gasteiger partial charge < -0.3 is 20.8 Å². The topological polar surface area (TPSA) is 130 Å². The van der Waals surface area contributed by atoms with E-state index in [-0.39, 0.29) is 37.6 Å². The van der Waals surface area contributed by atoms with Gasteiger partial charge in [0, 0.05) is 24.8 Å². The Morgan fingerprint density at radius 3 is 2.32 bits per heavy atom. The quantitative estimate of drug-likeness (QED) is 0.451. The van der Waals surface area contributed by atoms with E-state index in [2.05, 4.69) is 0 Å². The molecule has 0 bridgehead atoms. The molecule has 4 N–H and O–H groups in total. The highest BCUT2D eigenvalue weighted by Crippen LogP contribution is 2.24. The summed E-state index contributed by atoms with van der Waals surface area (Å²) in [5.41, 5.74) is 5.01.